The van der Waals surface area contributed by atoms with Crippen molar-refractivity contribution in [2.75, 3.05) is 13.7 Å². The fraction of sp³-hybridized carbons (Fsp3) is 0.714. The van der Waals surface area contributed by atoms with Crippen molar-refractivity contribution in [1.82, 2.24) is 9.36 Å². The number of carbonyl (C=O) groups is 1. The monoisotopic (exact) mass is 321 g/mol. The average molecular weight is 321 g/mol. The zero-order chi connectivity index (χ0) is 17.1. The van der Waals surface area contributed by atoms with Crippen LogP contribution in [0, 0.1) is 0 Å². The summed E-state index contributed by atoms with van der Waals surface area (Å²) in [6, 6.07) is 1.52. The first-order valence-corrected chi connectivity index (χ1v) is 6.90. The van der Waals surface area contributed by atoms with E-state index < -0.39 is 12.1 Å². The molecule has 0 bridgehead atoms. The Morgan fingerprint density at radius 2 is 1.91 bits per heavy atom. The molecule has 0 aromatic carbocycles. The quantitative estimate of drug-likeness (QED) is 0.798. The minimum absolute atomic E-state index is 0.00542. The summed E-state index contributed by atoms with van der Waals surface area (Å²) in [5.41, 5.74) is 0.511. The predicted molar refractivity (Wildman–Crippen MR) is 75.2 cm³/mol. The number of hydrogen-bond donors (Lipinski definition) is 0. The minimum atomic E-state index is -4.97. The summed E-state index contributed by atoms with van der Waals surface area (Å²) in [5, 5.41) is 0. The number of rotatable bonds is 4. The molecular formula is C14H22F3N3O2. The smallest absolute Gasteiger partial charge is 0.385 e. The zero-order valence-electron chi connectivity index (χ0n) is 13.5. The number of carbonyl (C=O) groups excluding carboxylic acids is 1. The molecule has 5 nitrogen and oxygen atoms in total. The topological polar surface area (TPSA) is 48.5 Å². The van der Waals surface area contributed by atoms with Crippen molar-refractivity contribution in [3.8, 4) is 0 Å². The molecule has 0 aliphatic carbocycles. The molecule has 1 rings (SSSR count). The van der Waals surface area contributed by atoms with Crippen LogP contribution in [0.25, 0.3) is 0 Å². The van der Waals surface area contributed by atoms with E-state index in [1.807, 2.05) is 20.8 Å². The number of halogens is 3. The number of alkyl halides is 3. The summed E-state index contributed by atoms with van der Waals surface area (Å²) >= 11 is 0. The van der Waals surface area contributed by atoms with Gasteiger partial charge in [-0.25, -0.2) is 0 Å². The highest BCUT2D eigenvalue weighted by Crippen LogP contribution is 2.21. The van der Waals surface area contributed by atoms with E-state index >= 15 is 0 Å². The van der Waals surface area contributed by atoms with E-state index in [4.69, 9.17) is 4.74 Å². The van der Waals surface area contributed by atoms with Gasteiger partial charge in [0.15, 0.2) is 5.49 Å². The van der Waals surface area contributed by atoms with Gasteiger partial charge in [0, 0.05) is 44.5 Å². The maximum absolute atomic E-state index is 12.4. The standard InChI is InChI=1S/C14H22F3N3O2/c1-13(2,3)10-9-11(18-12(21)14(15,16)17)20(19(10)4)7-6-8-22-5/h9H,6-8H2,1-5H3/b18-11-. The van der Waals surface area contributed by atoms with Crippen LogP contribution in [0.2, 0.25) is 0 Å². The van der Waals surface area contributed by atoms with Gasteiger partial charge in [-0.2, -0.15) is 18.2 Å². The highest BCUT2D eigenvalue weighted by Gasteiger charge is 2.38. The average Bonchev–Trinajstić information content (AvgIpc) is 2.66. The van der Waals surface area contributed by atoms with E-state index in [2.05, 4.69) is 4.99 Å². The van der Waals surface area contributed by atoms with Crippen LogP contribution in [0.1, 0.15) is 32.9 Å². The third kappa shape index (κ3) is 4.46. The van der Waals surface area contributed by atoms with E-state index in [0.717, 1.165) is 5.69 Å². The van der Waals surface area contributed by atoms with E-state index in [9.17, 15) is 18.0 Å². The van der Waals surface area contributed by atoms with Gasteiger partial charge >= 0.3 is 12.1 Å². The van der Waals surface area contributed by atoms with Crippen LogP contribution in [0.15, 0.2) is 11.1 Å². The van der Waals surface area contributed by atoms with Crippen molar-refractivity contribution >= 4 is 5.91 Å². The summed E-state index contributed by atoms with van der Waals surface area (Å²) in [5.74, 6) is -2.10. The lowest BCUT2D eigenvalue weighted by Gasteiger charge is -2.20. The van der Waals surface area contributed by atoms with Crippen molar-refractivity contribution in [2.45, 2.75) is 45.3 Å². The SMILES string of the molecule is COCCCn1/c(=N\C(=O)C(F)(F)F)cc(C(C)(C)C)n1C. The Morgan fingerprint density at radius 3 is 2.36 bits per heavy atom. The summed E-state index contributed by atoms with van der Waals surface area (Å²) in [6.07, 6.45) is -4.37. The Morgan fingerprint density at radius 1 is 1.32 bits per heavy atom. The maximum atomic E-state index is 12.4. The number of hydrogen-bond acceptors (Lipinski definition) is 2. The molecule has 1 amide bonds. The highest BCUT2D eigenvalue weighted by atomic mass is 19.4. The molecule has 0 aliphatic rings. The molecule has 22 heavy (non-hydrogen) atoms. The first-order valence-electron chi connectivity index (χ1n) is 6.90. The Labute approximate surface area is 127 Å². The molecule has 8 heteroatoms. The van der Waals surface area contributed by atoms with Crippen LogP contribution in [0.4, 0.5) is 13.2 Å². The van der Waals surface area contributed by atoms with E-state index in [0.29, 0.717) is 19.6 Å². The summed E-state index contributed by atoms with van der Waals surface area (Å²) < 4.78 is 45.6. The zero-order valence-corrected chi connectivity index (χ0v) is 13.5. The third-order valence-corrected chi connectivity index (χ3v) is 3.19. The number of methoxy groups -OCH3 is 1. The lowest BCUT2D eigenvalue weighted by molar-refractivity contribution is -0.169. The van der Waals surface area contributed by atoms with Crippen LogP contribution >= 0.6 is 0 Å². The molecule has 0 unspecified atom stereocenters. The minimum Gasteiger partial charge on any atom is -0.385 e. The van der Waals surface area contributed by atoms with Gasteiger partial charge in [0.2, 0.25) is 0 Å². The lowest BCUT2D eigenvalue weighted by atomic mass is 9.92. The van der Waals surface area contributed by atoms with E-state index in [1.54, 1.807) is 23.5 Å². The van der Waals surface area contributed by atoms with Gasteiger partial charge in [-0.3, -0.25) is 14.2 Å². The second kappa shape index (κ2) is 6.68. The second-order valence-electron chi connectivity index (χ2n) is 6.05. The molecule has 0 radical (unpaired) electrons. The van der Waals surface area contributed by atoms with Crippen molar-refractivity contribution in [1.29, 1.82) is 0 Å². The molecule has 1 aromatic rings. The lowest BCUT2D eigenvalue weighted by Crippen LogP contribution is -2.29. The summed E-state index contributed by atoms with van der Waals surface area (Å²) in [7, 11) is 3.29. The molecule has 0 saturated carbocycles. The molecule has 0 N–H and O–H groups in total. The number of amides is 1. The van der Waals surface area contributed by atoms with Crippen LogP contribution in [-0.2, 0) is 28.5 Å². The fourth-order valence-corrected chi connectivity index (χ4v) is 2.16. The van der Waals surface area contributed by atoms with Crippen molar-refractivity contribution < 1.29 is 22.7 Å². The Hall–Kier alpha value is -1.57. The van der Waals surface area contributed by atoms with Gasteiger partial charge in [-0.15, -0.1) is 0 Å². The molecule has 0 aliphatic heterocycles. The summed E-state index contributed by atoms with van der Waals surface area (Å²) in [4.78, 5) is 14.4. The number of ether oxygens (including phenoxy) is 1. The van der Waals surface area contributed by atoms with Crippen molar-refractivity contribution in [2.24, 2.45) is 12.0 Å². The van der Waals surface area contributed by atoms with Gasteiger partial charge in [-0.1, -0.05) is 20.8 Å². The van der Waals surface area contributed by atoms with Gasteiger partial charge in [-0.05, 0) is 6.42 Å². The molecular weight excluding hydrogens is 299 g/mol. The largest absolute Gasteiger partial charge is 0.473 e. The van der Waals surface area contributed by atoms with Gasteiger partial charge in [0.25, 0.3) is 0 Å². The molecule has 1 heterocycles. The first kappa shape index (κ1) is 18.5. The Kier molecular flexibility index (Phi) is 5.61. The molecule has 0 atom stereocenters. The van der Waals surface area contributed by atoms with Gasteiger partial charge < -0.3 is 4.74 Å². The molecule has 1 aromatic heterocycles. The Bertz CT molecular complexity index is 592. The molecule has 0 saturated heterocycles. The van der Waals surface area contributed by atoms with Crippen molar-refractivity contribution in [3.63, 3.8) is 0 Å². The normalized spacial score (nSPS) is 13.7. The van der Waals surface area contributed by atoms with E-state index in [1.165, 1.54) is 6.07 Å². The van der Waals surface area contributed by atoms with Crippen LogP contribution in [0.3, 0.4) is 0 Å². The predicted octanol–water partition coefficient (Wildman–Crippen LogP) is 2.15. The second-order valence-corrected chi connectivity index (χ2v) is 6.05. The Balaban J connectivity index is 3.35. The third-order valence-electron chi connectivity index (χ3n) is 3.19. The molecule has 0 spiro atoms. The van der Waals surface area contributed by atoms with Crippen LogP contribution in [0.5, 0.6) is 0 Å². The van der Waals surface area contributed by atoms with Crippen LogP contribution < -0.4 is 5.49 Å². The first-order chi connectivity index (χ1) is 9.98. The number of nitrogens with zero attached hydrogens (tertiary/aromatic N) is 3. The highest BCUT2D eigenvalue weighted by molar-refractivity contribution is 5.82. The molecule has 126 valence electrons. The van der Waals surface area contributed by atoms with Gasteiger partial charge in [0.05, 0.1) is 0 Å². The fourth-order valence-electron chi connectivity index (χ4n) is 2.16. The summed E-state index contributed by atoms with van der Waals surface area (Å²) in [6.45, 7) is 6.70. The van der Waals surface area contributed by atoms with Crippen molar-refractivity contribution in [3.05, 3.63) is 17.2 Å². The van der Waals surface area contributed by atoms with Gasteiger partial charge in [0.1, 0.15) is 0 Å². The van der Waals surface area contributed by atoms with Crippen LogP contribution in [-0.4, -0.2) is 35.2 Å². The maximum Gasteiger partial charge on any atom is 0.473 e. The number of aromatic nitrogens is 2. The molecule has 0 fully saturated rings. The van der Waals surface area contributed by atoms with E-state index in [-0.39, 0.29) is 10.9 Å².